The van der Waals surface area contributed by atoms with E-state index < -0.39 is 0 Å². The molecule has 0 atom stereocenters. The van der Waals surface area contributed by atoms with Gasteiger partial charge in [0.2, 0.25) is 0 Å². The molecule has 5 nitrogen and oxygen atoms in total. The summed E-state index contributed by atoms with van der Waals surface area (Å²) in [5.41, 5.74) is 1.56. The minimum Gasteiger partial charge on any atom is -0.380 e. The average Bonchev–Trinajstić information content (AvgIpc) is 2.59. The quantitative estimate of drug-likeness (QED) is 0.379. The summed E-state index contributed by atoms with van der Waals surface area (Å²) in [5, 5.41) is 6.61. The molecule has 0 spiro atoms. The summed E-state index contributed by atoms with van der Waals surface area (Å²) in [5.74, 6) is 0.515. The van der Waals surface area contributed by atoms with Gasteiger partial charge in [-0.15, -0.1) is 0 Å². The van der Waals surface area contributed by atoms with E-state index >= 15 is 0 Å². The third-order valence-corrected chi connectivity index (χ3v) is 4.31. The first kappa shape index (κ1) is 22.4. The molecule has 0 aliphatic heterocycles. The molecule has 1 aromatic rings. The van der Waals surface area contributed by atoms with Gasteiger partial charge in [0, 0.05) is 51.4 Å². The number of halogens is 1. The monoisotopic (exact) mass is 366 g/mol. The highest BCUT2D eigenvalue weighted by atomic mass is 19.1. The first-order valence-corrected chi connectivity index (χ1v) is 9.35. The van der Waals surface area contributed by atoms with Gasteiger partial charge in [-0.25, -0.2) is 4.39 Å². The first-order valence-electron chi connectivity index (χ1n) is 9.35. The maximum absolute atomic E-state index is 13.7. The summed E-state index contributed by atoms with van der Waals surface area (Å²) >= 11 is 0. The number of guanidine groups is 1. The van der Waals surface area contributed by atoms with Crippen LogP contribution in [0.5, 0.6) is 0 Å². The number of nitrogens with zero attached hydrogens (tertiary/aromatic N) is 2. The van der Waals surface area contributed by atoms with Crippen LogP contribution in [0.3, 0.4) is 0 Å². The van der Waals surface area contributed by atoms with E-state index in [2.05, 4.69) is 48.2 Å². The zero-order valence-corrected chi connectivity index (χ0v) is 17.1. The van der Waals surface area contributed by atoms with Crippen LogP contribution in [0.25, 0.3) is 0 Å². The normalized spacial score (nSPS) is 12.3. The summed E-state index contributed by atoms with van der Waals surface area (Å²) in [6, 6.07) is 6.17. The van der Waals surface area contributed by atoms with Crippen molar-refractivity contribution < 1.29 is 9.13 Å². The Kier molecular flexibility index (Phi) is 10.2. The van der Waals surface area contributed by atoms with Crippen LogP contribution in [0.4, 0.5) is 4.39 Å². The summed E-state index contributed by atoms with van der Waals surface area (Å²) in [6.45, 7) is 11.7. The second-order valence-corrected chi connectivity index (χ2v) is 6.99. The maximum atomic E-state index is 13.7. The third-order valence-electron chi connectivity index (χ3n) is 4.31. The van der Waals surface area contributed by atoms with E-state index in [0.29, 0.717) is 24.2 Å². The molecule has 0 fully saturated rings. The maximum Gasteiger partial charge on any atom is 0.191 e. The van der Waals surface area contributed by atoms with Crippen molar-refractivity contribution in [3.8, 4) is 0 Å². The predicted octanol–water partition coefficient (Wildman–Crippen LogP) is 3.15. The number of ether oxygens (including phenoxy) is 1. The molecule has 0 heterocycles. The van der Waals surface area contributed by atoms with Crippen molar-refractivity contribution in [3.05, 3.63) is 35.1 Å². The lowest BCUT2D eigenvalue weighted by Gasteiger charge is -2.30. The van der Waals surface area contributed by atoms with E-state index in [1.807, 2.05) is 6.07 Å². The molecule has 0 aliphatic carbocycles. The van der Waals surface area contributed by atoms with E-state index in [4.69, 9.17) is 4.74 Å². The molecule has 1 rings (SSSR count). The van der Waals surface area contributed by atoms with E-state index in [-0.39, 0.29) is 12.4 Å². The van der Waals surface area contributed by atoms with Crippen molar-refractivity contribution in [1.29, 1.82) is 0 Å². The summed E-state index contributed by atoms with van der Waals surface area (Å²) < 4.78 is 18.7. The molecular formula is C20H35FN4O. The Morgan fingerprint density at radius 2 is 1.88 bits per heavy atom. The van der Waals surface area contributed by atoms with Gasteiger partial charge < -0.3 is 15.4 Å². The van der Waals surface area contributed by atoms with E-state index in [9.17, 15) is 4.39 Å². The van der Waals surface area contributed by atoms with Gasteiger partial charge in [0.1, 0.15) is 5.82 Å². The number of methoxy groups -OCH3 is 1. The minimum atomic E-state index is -0.238. The zero-order valence-electron chi connectivity index (χ0n) is 17.1. The number of benzene rings is 1. The van der Waals surface area contributed by atoms with Crippen molar-refractivity contribution in [2.45, 2.75) is 59.4 Å². The number of hydrogen-bond acceptors (Lipinski definition) is 3. The van der Waals surface area contributed by atoms with Crippen LogP contribution >= 0.6 is 0 Å². The van der Waals surface area contributed by atoms with Gasteiger partial charge in [-0.2, -0.15) is 0 Å². The highest BCUT2D eigenvalue weighted by Crippen LogP contribution is 2.11. The molecule has 0 bridgehead atoms. The van der Waals surface area contributed by atoms with Crippen LogP contribution in [0, 0.1) is 5.82 Å². The topological polar surface area (TPSA) is 48.9 Å². The van der Waals surface area contributed by atoms with Crippen molar-refractivity contribution in [2.75, 3.05) is 27.2 Å². The Hall–Kier alpha value is -1.66. The Bertz CT molecular complexity index is 553. The fraction of sp³-hybridized carbons (Fsp3) is 0.650. The molecule has 0 saturated heterocycles. The van der Waals surface area contributed by atoms with E-state index in [0.717, 1.165) is 31.0 Å². The highest BCUT2D eigenvalue weighted by Gasteiger charge is 2.12. The Morgan fingerprint density at radius 1 is 1.19 bits per heavy atom. The van der Waals surface area contributed by atoms with Gasteiger partial charge in [0.25, 0.3) is 0 Å². The fourth-order valence-corrected chi connectivity index (χ4v) is 2.99. The van der Waals surface area contributed by atoms with Gasteiger partial charge in [0.15, 0.2) is 5.96 Å². The lowest BCUT2D eigenvalue weighted by Crippen LogP contribution is -2.41. The lowest BCUT2D eigenvalue weighted by molar-refractivity contribution is 0.173. The SMILES string of the molecule is CN=C(NCCCN(C(C)C)C(C)C)NCc1ccc(F)c(COC)c1. The van der Waals surface area contributed by atoms with E-state index in [1.54, 1.807) is 20.2 Å². The third kappa shape index (κ3) is 7.70. The number of hydrogen-bond donors (Lipinski definition) is 2. The number of rotatable bonds is 10. The molecule has 0 aliphatic rings. The highest BCUT2D eigenvalue weighted by molar-refractivity contribution is 5.79. The van der Waals surface area contributed by atoms with Gasteiger partial charge in [-0.1, -0.05) is 6.07 Å². The molecule has 0 unspecified atom stereocenters. The molecule has 6 heteroatoms. The fourth-order valence-electron chi connectivity index (χ4n) is 2.99. The Labute approximate surface area is 158 Å². The summed E-state index contributed by atoms with van der Waals surface area (Å²) in [6.07, 6.45) is 1.05. The minimum absolute atomic E-state index is 0.238. The van der Waals surface area contributed by atoms with Crippen LogP contribution in [0.2, 0.25) is 0 Å². The van der Waals surface area contributed by atoms with Gasteiger partial charge in [-0.05, 0) is 51.8 Å². The van der Waals surface area contributed by atoms with Gasteiger partial charge in [0.05, 0.1) is 6.61 Å². The molecule has 0 radical (unpaired) electrons. The predicted molar refractivity (Wildman–Crippen MR) is 107 cm³/mol. The average molecular weight is 367 g/mol. The Balaban J connectivity index is 2.43. The lowest BCUT2D eigenvalue weighted by atomic mass is 10.1. The van der Waals surface area contributed by atoms with Crippen LogP contribution in [-0.2, 0) is 17.9 Å². The Morgan fingerprint density at radius 3 is 2.46 bits per heavy atom. The van der Waals surface area contributed by atoms with Crippen molar-refractivity contribution in [2.24, 2.45) is 4.99 Å². The van der Waals surface area contributed by atoms with Crippen LogP contribution < -0.4 is 10.6 Å². The summed E-state index contributed by atoms with van der Waals surface area (Å²) in [4.78, 5) is 6.73. The smallest absolute Gasteiger partial charge is 0.191 e. The van der Waals surface area contributed by atoms with Crippen LogP contribution in [0.15, 0.2) is 23.2 Å². The standard InChI is InChI=1S/C20H35FN4O/c1-15(2)25(16(3)4)11-7-10-23-20(22-5)24-13-17-8-9-19(21)18(12-17)14-26-6/h8-9,12,15-16H,7,10-11,13-14H2,1-6H3,(H2,22,23,24). The molecular weight excluding hydrogens is 331 g/mol. The summed E-state index contributed by atoms with van der Waals surface area (Å²) in [7, 11) is 3.32. The van der Waals surface area contributed by atoms with Gasteiger partial charge >= 0.3 is 0 Å². The number of aliphatic imine (C=N–C) groups is 1. The van der Waals surface area contributed by atoms with Crippen molar-refractivity contribution >= 4 is 5.96 Å². The molecule has 0 aromatic heterocycles. The first-order chi connectivity index (χ1) is 12.4. The van der Waals surface area contributed by atoms with Crippen molar-refractivity contribution in [1.82, 2.24) is 15.5 Å². The van der Waals surface area contributed by atoms with Crippen molar-refractivity contribution in [3.63, 3.8) is 0 Å². The van der Waals surface area contributed by atoms with E-state index in [1.165, 1.54) is 6.07 Å². The number of nitrogens with one attached hydrogen (secondary N) is 2. The molecule has 2 N–H and O–H groups in total. The van der Waals surface area contributed by atoms with Crippen LogP contribution in [0.1, 0.15) is 45.2 Å². The molecule has 0 saturated carbocycles. The van der Waals surface area contributed by atoms with Gasteiger partial charge in [-0.3, -0.25) is 9.89 Å². The molecule has 0 amide bonds. The second-order valence-electron chi connectivity index (χ2n) is 6.99. The zero-order chi connectivity index (χ0) is 19.5. The largest absolute Gasteiger partial charge is 0.380 e. The van der Waals surface area contributed by atoms with Crippen LogP contribution in [-0.4, -0.2) is 50.2 Å². The molecule has 148 valence electrons. The second kappa shape index (κ2) is 11.9. The molecule has 1 aromatic carbocycles. The molecule has 26 heavy (non-hydrogen) atoms.